The highest BCUT2D eigenvalue weighted by molar-refractivity contribution is 5.46. The van der Waals surface area contributed by atoms with Gasteiger partial charge in [-0.05, 0) is 24.8 Å². The number of hydrogen-bond donors (Lipinski definition) is 2. The van der Waals surface area contributed by atoms with Crippen molar-refractivity contribution in [1.29, 1.82) is 0 Å². The van der Waals surface area contributed by atoms with Crippen molar-refractivity contribution in [2.75, 3.05) is 20.8 Å². The van der Waals surface area contributed by atoms with Gasteiger partial charge in [-0.15, -0.1) is 0 Å². The van der Waals surface area contributed by atoms with Crippen molar-refractivity contribution in [2.24, 2.45) is 5.92 Å². The number of hydrogen-bond acceptors (Lipinski definition) is 4. The summed E-state index contributed by atoms with van der Waals surface area (Å²) in [6.45, 7) is 3.50. The third-order valence-corrected chi connectivity index (χ3v) is 4.32. The van der Waals surface area contributed by atoms with E-state index in [1.165, 1.54) is 6.42 Å². The van der Waals surface area contributed by atoms with Gasteiger partial charge in [0.15, 0.2) is 11.5 Å². The first-order valence-corrected chi connectivity index (χ1v) is 7.71. The van der Waals surface area contributed by atoms with Gasteiger partial charge in [0.05, 0.1) is 19.8 Å². The highest BCUT2D eigenvalue weighted by Crippen LogP contribution is 2.33. The maximum absolute atomic E-state index is 10.6. The number of benzene rings is 1. The predicted molar refractivity (Wildman–Crippen MR) is 83.8 cm³/mol. The second-order valence-corrected chi connectivity index (χ2v) is 6.18. The van der Waals surface area contributed by atoms with Crippen LogP contribution in [-0.2, 0) is 6.54 Å². The van der Waals surface area contributed by atoms with E-state index < -0.39 is 5.60 Å². The molecule has 0 amide bonds. The SMILES string of the molecule is COc1cccc(CNCC2(O)CCCC(C)C2)c1OC. The number of ether oxygens (including phenoxy) is 2. The average molecular weight is 293 g/mol. The van der Waals surface area contributed by atoms with E-state index >= 15 is 0 Å². The Labute approximate surface area is 127 Å². The molecule has 0 aliphatic heterocycles. The van der Waals surface area contributed by atoms with Gasteiger partial charge >= 0.3 is 0 Å². The molecule has 2 rings (SSSR count). The van der Waals surface area contributed by atoms with Crippen LogP contribution >= 0.6 is 0 Å². The highest BCUT2D eigenvalue weighted by Gasteiger charge is 2.32. The summed E-state index contributed by atoms with van der Waals surface area (Å²) in [5.74, 6) is 2.11. The molecule has 4 nitrogen and oxygen atoms in total. The van der Waals surface area contributed by atoms with Gasteiger partial charge in [-0.2, -0.15) is 0 Å². The van der Waals surface area contributed by atoms with Crippen molar-refractivity contribution < 1.29 is 14.6 Å². The van der Waals surface area contributed by atoms with Crippen LogP contribution in [0.3, 0.4) is 0 Å². The van der Waals surface area contributed by atoms with E-state index in [4.69, 9.17) is 9.47 Å². The van der Waals surface area contributed by atoms with Crippen molar-refractivity contribution in [3.05, 3.63) is 23.8 Å². The molecule has 1 aromatic rings. The molecule has 2 unspecified atom stereocenters. The first kappa shape index (κ1) is 16.1. The molecule has 0 saturated heterocycles. The first-order chi connectivity index (χ1) is 10.1. The standard InChI is InChI=1S/C17H27NO3/c1-13-6-5-9-17(19,10-13)12-18-11-14-7-4-8-15(20-2)16(14)21-3/h4,7-8,13,18-19H,5-6,9-12H2,1-3H3. The quantitative estimate of drug-likeness (QED) is 0.847. The van der Waals surface area contributed by atoms with Gasteiger partial charge in [0.2, 0.25) is 0 Å². The summed E-state index contributed by atoms with van der Waals surface area (Å²) in [4.78, 5) is 0. The fraction of sp³-hybridized carbons (Fsp3) is 0.647. The van der Waals surface area contributed by atoms with Crippen LogP contribution in [0.15, 0.2) is 18.2 Å². The smallest absolute Gasteiger partial charge is 0.165 e. The number of methoxy groups -OCH3 is 2. The van der Waals surface area contributed by atoms with Crippen LogP contribution in [-0.4, -0.2) is 31.5 Å². The fourth-order valence-electron chi connectivity index (χ4n) is 3.32. The lowest BCUT2D eigenvalue weighted by Crippen LogP contribution is -2.43. The molecule has 1 aliphatic carbocycles. The molecule has 118 valence electrons. The van der Waals surface area contributed by atoms with Crippen LogP contribution in [0.2, 0.25) is 0 Å². The molecular formula is C17H27NO3. The van der Waals surface area contributed by atoms with Gasteiger partial charge in [-0.3, -0.25) is 0 Å². The minimum atomic E-state index is -0.566. The van der Waals surface area contributed by atoms with E-state index in [0.29, 0.717) is 19.0 Å². The Morgan fingerprint density at radius 3 is 2.81 bits per heavy atom. The minimum absolute atomic E-state index is 0.566. The Balaban J connectivity index is 1.94. The Bertz CT molecular complexity index is 463. The van der Waals surface area contributed by atoms with E-state index in [2.05, 4.69) is 12.2 Å². The van der Waals surface area contributed by atoms with Crippen LogP contribution < -0.4 is 14.8 Å². The molecule has 2 N–H and O–H groups in total. The summed E-state index contributed by atoms with van der Waals surface area (Å²) in [6, 6.07) is 5.86. The molecule has 0 spiro atoms. The molecule has 1 aliphatic rings. The Morgan fingerprint density at radius 2 is 2.14 bits per heavy atom. The summed E-state index contributed by atoms with van der Waals surface area (Å²) >= 11 is 0. The third kappa shape index (κ3) is 4.11. The number of rotatable bonds is 6. The van der Waals surface area contributed by atoms with Crippen molar-refractivity contribution >= 4 is 0 Å². The highest BCUT2D eigenvalue weighted by atomic mass is 16.5. The van der Waals surface area contributed by atoms with Crippen molar-refractivity contribution in [3.8, 4) is 11.5 Å². The van der Waals surface area contributed by atoms with Gasteiger partial charge < -0.3 is 19.9 Å². The second kappa shape index (κ2) is 7.14. The fourth-order valence-corrected chi connectivity index (χ4v) is 3.32. The van der Waals surface area contributed by atoms with Crippen molar-refractivity contribution in [1.82, 2.24) is 5.32 Å². The summed E-state index contributed by atoms with van der Waals surface area (Å²) in [6.07, 6.45) is 4.11. The van der Waals surface area contributed by atoms with Crippen molar-refractivity contribution in [2.45, 2.75) is 44.8 Å². The second-order valence-electron chi connectivity index (χ2n) is 6.18. The van der Waals surface area contributed by atoms with E-state index in [0.717, 1.165) is 36.3 Å². The average Bonchev–Trinajstić information content (AvgIpc) is 2.46. The lowest BCUT2D eigenvalue weighted by Gasteiger charge is -2.35. The molecule has 0 aromatic heterocycles. The minimum Gasteiger partial charge on any atom is -0.493 e. The number of para-hydroxylation sites is 1. The molecule has 1 fully saturated rings. The van der Waals surface area contributed by atoms with Crippen LogP contribution in [0.25, 0.3) is 0 Å². The molecule has 0 radical (unpaired) electrons. The predicted octanol–water partition coefficient (Wildman–Crippen LogP) is 2.73. The van der Waals surface area contributed by atoms with Crippen LogP contribution in [0.1, 0.15) is 38.2 Å². The Morgan fingerprint density at radius 1 is 1.33 bits per heavy atom. The van der Waals surface area contributed by atoms with Crippen LogP contribution in [0, 0.1) is 5.92 Å². The molecular weight excluding hydrogens is 266 g/mol. The van der Waals surface area contributed by atoms with Gasteiger partial charge in [0.25, 0.3) is 0 Å². The summed E-state index contributed by atoms with van der Waals surface area (Å²) in [5.41, 5.74) is 0.480. The zero-order valence-corrected chi connectivity index (χ0v) is 13.3. The van der Waals surface area contributed by atoms with Gasteiger partial charge in [-0.25, -0.2) is 0 Å². The molecule has 21 heavy (non-hydrogen) atoms. The lowest BCUT2D eigenvalue weighted by molar-refractivity contribution is -0.0119. The van der Waals surface area contributed by atoms with Gasteiger partial charge in [0.1, 0.15) is 0 Å². The first-order valence-electron chi connectivity index (χ1n) is 7.71. The lowest BCUT2D eigenvalue weighted by atomic mass is 9.79. The monoisotopic (exact) mass is 293 g/mol. The zero-order chi connectivity index (χ0) is 15.3. The number of nitrogens with one attached hydrogen (secondary N) is 1. The molecule has 4 heteroatoms. The zero-order valence-electron chi connectivity index (χ0n) is 13.3. The molecule has 0 heterocycles. The topological polar surface area (TPSA) is 50.7 Å². The number of aliphatic hydroxyl groups is 1. The van der Waals surface area contributed by atoms with E-state index in [1.54, 1.807) is 14.2 Å². The maximum Gasteiger partial charge on any atom is 0.165 e. The van der Waals surface area contributed by atoms with Gasteiger partial charge in [-0.1, -0.05) is 31.9 Å². The van der Waals surface area contributed by atoms with Crippen LogP contribution in [0.4, 0.5) is 0 Å². The van der Waals surface area contributed by atoms with E-state index in [1.807, 2.05) is 18.2 Å². The summed E-state index contributed by atoms with van der Waals surface area (Å²) in [5, 5.41) is 14.0. The summed E-state index contributed by atoms with van der Waals surface area (Å²) < 4.78 is 10.7. The largest absolute Gasteiger partial charge is 0.493 e. The Kier molecular flexibility index (Phi) is 5.48. The normalized spacial score (nSPS) is 25.6. The van der Waals surface area contributed by atoms with E-state index in [9.17, 15) is 5.11 Å². The molecule has 0 bridgehead atoms. The van der Waals surface area contributed by atoms with Crippen molar-refractivity contribution in [3.63, 3.8) is 0 Å². The molecule has 1 saturated carbocycles. The van der Waals surface area contributed by atoms with E-state index in [-0.39, 0.29) is 0 Å². The molecule has 2 atom stereocenters. The maximum atomic E-state index is 10.6. The third-order valence-electron chi connectivity index (χ3n) is 4.32. The Hall–Kier alpha value is -1.26. The molecule has 1 aromatic carbocycles. The van der Waals surface area contributed by atoms with Gasteiger partial charge in [0, 0.05) is 18.7 Å². The summed E-state index contributed by atoms with van der Waals surface area (Å²) in [7, 11) is 3.29. The van der Waals surface area contributed by atoms with Crippen LogP contribution in [0.5, 0.6) is 11.5 Å².